The third kappa shape index (κ3) is 2.44. The molecule has 0 aliphatic carbocycles. The quantitative estimate of drug-likeness (QED) is 0.768. The minimum absolute atomic E-state index is 0.235. The fourth-order valence-corrected chi connectivity index (χ4v) is 2.95. The lowest BCUT2D eigenvalue weighted by molar-refractivity contribution is 0.773. The minimum atomic E-state index is 0.235. The molecule has 3 aromatic heterocycles. The molecule has 0 spiro atoms. The zero-order valence-corrected chi connectivity index (χ0v) is 12.2. The van der Waals surface area contributed by atoms with Gasteiger partial charge in [-0.3, -0.25) is 4.68 Å². The summed E-state index contributed by atoms with van der Waals surface area (Å²) in [5.41, 5.74) is 6.68. The molecule has 1 atom stereocenters. The zero-order chi connectivity index (χ0) is 14.1. The molecule has 0 aliphatic heterocycles. The maximum absolute atomic E-state index is 5.94. The lowest BCUT2D eigenvalue weighted by atomic mass is 10.2. The average Bonchev–Trinajstić information content (AvgIpc) is 3.00. The molecule has 7 heteroatoms. The molecule has 0 amide bonds. The Labute approximate surface area is 120 Å². The molecule has 3 heterocycles. The van der Waals surface area contributed by atoms with Crippen LogP contribution in [0.1, 0.15) is 11.8 Å². The first-order chi connectivity index (χ1) is 9.63. The number of aromatic nitrogens is 4. The van der Waals surface area contributed by atoms with Crippen molar-refractivity contribution >= 4 is 34.1 Å². The number of nitrogen functional groups attached to an aromatic ring is 1. The van der Waals surface area contributed by atoms with Crippen LogP contribution in [0.2, 0.25) is 0 Å². The van der Waals surface area contributed by atoms with E-state index in [1.54, 1.807) is 22.2 Å². The van der Waals surface area contributed by atoms with Crippen LogP contribution < -0.4 is 11.1 Å². The van der Waals surface area contributed by atoms with Crippen LogP contribution in [-0.4, -0.2) is 25.8 Å². The Balaban J connectivity index is 1.81. The van der Waals surface area contributed by atoms with Crippen LogP contribution in [0.5, 0.6) is 0 Å². The van der Waals surface area contributed by atoms with Crippen LogP contribution in [0.15, 0.2) is 23.7 Å². The number of hydrogen-bond acceptors (Lipinski definition) is 6. The summed E-state index contributed by atoms with van der Waals surface area (Å²) in [5, 5.41) is 10.3. The fraction of sp³-hybridized carbons (Fsp3) is 0.308. The molecular formula is C13H16N6S. The van der Waals surface area contributed by atoms with Gasteiger partial charge in [0.2, 0.25) is 5.95 Å². The summed E-state index contributed by atoms with van der Waals surface area (Å²) in [5.74, 6) is 0.997. The molecule has 3 N–H and O–H groups in total. The van der Waals surface area contributed by atoms with E-state index in [1.807, 2.05) is 7.05 Å². The van der Waals surface area contributed by atoms with Crippen molar-refractivity contribution in [2.75, 3.05) is 11.1 Å². The summed E-state index contributed by atoms with van der Waals surface area (Å²) in [7, 11) is 1.84. The molecule has 0 radical (unpaired) electrons. The number of rotatable bonds is 4. The molecular weight excluding hydrogens is 272 g/mol. The molecule has 3 rings (SSSR count). The molecule has 20 heavy (non-hydrogen) atoms. The Morgan fingerprint density at radius 3 is 3.05 bits per heavy atom. The van der Waals surface area contributed by atoms with Gasteiger partial charge in [0.1, 0.15) is 5.82 Å². The first-order valence-electron chi connectivity index (χ1n) is 6.37. The highest BCUT2D eigenvalue weighted by atomic mass is 32.1. The van der Waals surface area contributed by atoms with Gasteiger partial charge in [0, 0.05) is 24.4 Å². The third-order valence-electron chi connectivity index (χ3n) is 3.08. The van der Waals surface area contributed by atoms with E-state index < -0.39 is 0 Å². The van der Waals surface area contributed by atoms with Gasteiger partial charge in [-0.25, -0.2) is 0 Å². The van der Waals surface area contributed by atoms with Gasteiger partial charge in [-0.05, 0) is 18.4 Å². The smallest absolute Gasteiger partial charge is 0.226 e. The van der Waals surface area contributed by atoms with Crippen LogP contribution in [0.3, 0.4) is 0 Å². The van der Waals surface area contributed by atoms with Crippen LogP contribution in [-0.2, 0) is 13.5 Å². The first kappa shape index (κ1) is 12.9. The molecule has 0 bridgehead atoms. The van der Waals surface area contributed by atoms with Gasteiger partial charge in [0.25, 0.3) is 0 Å². The third-order valence-corrected chi connectivity index (χ3v) is 3.98. The van der Waals surface area contributed by atoms with Crippen molar-refractivity contribution in [3.63, 3.8) is 0 Å². The van der Waals surface area contributed by atoms with Crippen LogP contribution in [0.25, 0.3) is 11.0 Å². The first-order valence-corrected chi connectivity index (χ1v) is 7.25. The van der Waals surface area contributed by atoms with E-state index >= 15 is 0 Å². The molecule has 0 aliphatic rings. The normalized spacial score (nSPS) is 12.7. The second kappa shape index (κ2) is 5.09. The van der Waals surface area contributed by atoms with Gasteiger partial charge in [-0.15, -0.1) is 11.3 Å². The van der Waals surface area contributed by atoms with E-state index in [2.05, 4.69) is 44.8 Å². The zero-order valence-electron chi connectivity index (χ0n) is 11.4. The van der Waals surface area contributed by atoms with Crippen molar-refractivity contribution in [3.8, 4) is 0 Å². The number of thiophene rings is 1. The highest BCUT2D eigenvalue weighted by molar-refractivity contribution is 7.09. The minimum Gasteiger partial charge on any atom is -0.383 e. The average molecular weight is 288 g/mol. The van der Waals surface area contributed by atoms with E-state index in [-0.39, 0.29) is 6.04 Å². The topological polar surface area (TPSA) is 81.6 Å². The summed E-state index contributed by atoms with van der Waals surface area (Å²) < 4.78 is 1.70. The lowest BCUT2D eigenvalue weighted by Crippen LogP contribution is -2.19. The summed E-state index contributed by atoms with van der Waals surface area (Å²) in [4.78, 5) is 10.1. The summed E-state index contributed by atoms with van der Waals surface area (Å²) in [6.07, 6.45) is 2.62. The van der Waals surface area contributed by atoms with Crippen molar-refractivity contribution in [3.05, 3.63) is 28.6 Å². The van der Waals surface area contributed by atoms with Gasteiger partial charge in [-0.1, -0.05) is 6.07 Å². The van der Waals surface area contributed by atoms with E-state index in [1.165, 1.54) is 4.88 Å². The van der Waals surface area contributed by atoms with E-state index in [0.717, 1.165) is 17.5 Å². The van der Waals surface area contributed by atoms with Crippen molar-refractivity contribution in [2.24, 2.45) is 7.05 Å². The van der Waals surface area contributed by atoms with Crippen molar-refractivity contribution in [2.45, 2.75) is 19.4 Å². The van der Waals surface area contributed by atoms with Crippen LogP contribution >= 0.6 is 11.3 Å². The summed E-state index contributed by atoms with van der Waals surface area (Å²) in [6, 6.07) is 4.42. The Bertz CT molecular complexity index is 718. The van der Waals surface area contributed by atoms with Gasteiger partial charge in [-0.2, -0.15) is 15.1 Å². The highest BCUT2D eigenvalue weighted by Gasteiger charge is 2.11. The largest absolute Gasteiger partial charge is 0.383 e. The Morgan fingerprint density at radius 1 is 1.45 bits per heavy atom. The molecule has 104 valence electrons. The predicted octanol–water partition coefficient (Wildman–Crippen LogP) is 2.05. The Hall–Kier alpha value is -2.15. The van der Waals surface area contributed by atoms with Gasteiger partial charge in [0.05, 0.1) is 11.6 Å². The van der Waals surface area contributed by atoms with E-state index in [9.17, 15) is 0 Å². The molecule has 3 aromatic rings. The standard InChI is InChI=1S/C13H16N6S/c1-8(6-9-4-3-5-20-9)16-13-17-11(14)10-7-15-19(2)12(10)18-13/h3-5,7-8H,6H2,1-2H3,(H3,14,16,17,18). The Morgan fingerprint density at radius 2 is 2.30 bits per heavy atom. The lowest BCUT2D eigenvalue weighted by Gasteiger charge is -2.13. The maximum Gasteiger partial charge on any atom is 0.226 e. The maximum atomic E-state index is 5.94. The van der Waals surface area contributed by atoms with Gasteiger partial charge < -0.3 is 11.1 Å². The number of hydrogen-bond donors (Lipinski definition) is 2. The van der Waals surface area contributed by atoms with Crippen LogP contribution in [0, 0.1) is 0 Å². The fourth-order valence-electron chi connectivity index (χ4n) is 2.11. The second-order valence-corrected chi connectivity index (χ2v) is 5.80. The molecule has 0 aromatic carbocycles. The number of fused-ring (bicyclic) bond motifs is 1. The number of aryl methyl sites for hydroxylation is 1. The van der Waals surface area contributed by atoms with Gasteiger partial charge in [0.15, 0.2) is 5.65 Å². The number of anilines is 2. The molecule has 1 unspecified atom stereocenters. The summed E-state index contributed by atoms with van der Waals surface area (Å²) >= 11 is 1.75. The van der Waals surface area contributed by atoms with Crippen molar-refractivity contribution in [1.29, 1.82) is 0 Å². The van der Waals surface area contributed by atoms with E-state index in [4.69, 9.17) is 5.73 Å². The molecule has 0 fully saturated rings. The number of nitrogens with two attached hydrogens (primary N) is 1. The predicted molar refractivity (Wildman–Crippen MR) is 81.8 cm³/mol. The van der Waals surface area contributed by atoms with Crippen molar-refractivity contribution in [1.82, 2.24) is 19.7 Å². The van der Waals surface area contributed by atoms with Gasteiger partial charge >= 0.3 is 0 Å². The van der Waals surface area contributed by atoms with Crippen molar-refractivity contribution < 1.29 is 0 Å². The highest BCUT2D eigenvalue weighted by Crippen LogP contribution is 2.19. The van der Waals surface area contributed by atoms with Crippen LogP contribution in [0.4, 0.5) is 11.8 Å². The molecule has 0 saturated carbocycles. The molecule has 0 saturated heterocycles. The van der Waals surface area contributed by atoms with E-state index in [0.29, 0.717) is 11.8 Å². The SMILES string of the molecule is CC(Cc1cccs1)Nc1nc(N)c2cnn(C)c2n1. The second-order valence-electron chi connectivity index (χ2n) is 4.77. The summed E-state index contributed by atoms with van der Waals surface area (Å²) in [6.45, 7) is 2.10. The Kier molecular flexibility index (Phi) is 3.27. The number of nitrogens with one attached hydrogen (secondary N) is 1. The number of nitrogens with zero attached hydrogens (tertiary/aromatic N) is 4. The monoisotopic (exact) mass is 288 g/mol. The molecule has 6 nitrogen and oxygen atoms in total.